The van der Waals surface area contributed by atoms with E-state index in [1.54, 1.807) is 0 Å². The van der Waals surface area contributed by atoms with Crippen LogP contribution < -0.4 is 0 Å². The Morgan fingerprint density at radius 1 is 0.800 bits per heavy atom. The molecule has 1 aromatic carbocycles. The highest BCUT2D eigenvalue weighted by atomic mass is 32.1. The van der Waals surface area contributed by atoms with Gasteiger partial charge in [0.15, 0.2) is 0 Å². The molecular formula is C12H7NS2. The molecule has 0 aliphatic carbocycles. The molecule has 3 aromatic heterocycles. The molecule has 0 aliphatic heterocycles. The lowest BCUT2D eigenvalue weighted by Crippen LogP contribution is -1.70. The molecule has 72 valence electrons. The number of hydrogen-bond donors (Lipinski definition) is 1. The van der Waals surface area contributed by atoms with Crippen LogP contribution in [0.5, 0.6) is 0 Å². The zero-order chi connectivity index (χ0) is 9.83. The van der Waals surface area contributed by atoms with Crippen LogP contribution in [0, 0.1) is 0 Å². The summed E-state index contributed by atoms with van der Waals surface area (Å²) in [5.41, 5.74) is 1.28. The molecule has 4 aromatic rings. The van der Waals surface area contributed by atoms with Crippen LogP contribution >= 0.6 is 22.7 Å². The van der Waals surface area contributed by atoms with E-state index in [1.807, 2.05) is 28.9 Å². The Balaban J connectivity index is 2.56. The summed E-state index contributed by atoms with van der Waals surface area (Å²) in [4.78, 5) is 3.34. The number of nitrogens with one attached hydrogen (secondary N) is 1. The standard InChI is InChI=1S/C12H7NS2/c1-4-13-10-7(1)11-9(3-6-15-11)12-8(10)2-5-14-12/h1-6,13H. The quantitative estimate of drug-likeness (QED) is 0.453. The van der Waals surface area contributed by atoms with Crippen molar-refractivity contribution in [2.24, 2.45) is 0 Å². The molecule has 15 heavy (non-hydrogen) atoms. The molecule has 0 spiro atoms. The molecule has 0 amide bonds. The Morgan fingerprint density at radius 3 is 2.27 bits per heavy atom. The number of aromatic nitrogens is 1. The number of rotatable bonds is 0. The van der Waals surface area contributed by atoms with Gasteiger partial charge in [0.05, 0.1) is 5.52 Å². The van der Waals surface area contributed by atoms with Crippen LogP contribution in [0.4, 0.5) is 0 Å². The Morgan fingerprint density at radius 2 is 1.47 bits per heavy atom. The van der Waals surface area contributed by atoms with Crippen molar-refractivity contribution in [2.75, 3.05) is 0 Å². The predicted molar refractivity (Wildman–Crippen MR) is 69.1 cm³/mol. The van der Waals surface area contributed by atoms with Gasteiger partial charge in [0.2, 0.25) is 0 Å². The highest BCUT2D eigenvalue weighted by molar-refractivity contribution is 7.21. The van der Waals surface area contributed by atoms with E-state index in [-0.39, 0.29) is 0 Å². The van der Waals surface area contributed by atoms with Crippen LogP contribution in [0.3, 0.4) is 0 Å². The molecule has 3 heterocycles. The fraction of sp³-hybridized carbons (Fsp3) is 0. The van der Waals surface area contributed by atoms with Gasteiger partial charge in [-0.25, -0.2) is 0 Å². The fourth-order valence-electron chi connectivity index (χ4n) is 2.19. The van der Waals surface area contributed by atoms with Crippen LogP contribution in [-0.2, 0) is 0 Å². The fourth-order valence-corrected chi connectivity index (χ4v) is 4.13. The minimum absolute atomic E-state index is 1.28. The van der Waals surface area contributed by atoms with E-state index in [9.17, 15) is 0 Å². The molecule has 0 unspecified atom stereocenters. The number of aromatic amines is 1. The lowest BCUT2D eigenvalue weighted by molar-refractivity contribution is 1.49. The first-order valence-corrected chi connectivity index (χ1v) is 6.54. The number of fused-ring (bicyclic) bond motifs is 6. The van der Waals surface area contributed by atoms with E-state index < -0.39 is 0 Å². The van der Waals surface area contributed by atoms with E-state index in [2.05, 4.69) is 33.9 Å². The SMILES string of the molecule is c1cc2c([nH]1)c1ccsc1c1ccsc21. The zero-order valence-electron chi connectivity index (χ0n) is 7.78. The zero-order valence-corrected chi connectivity index (χ0v) is 9.41. The van der Waals surface area contributed by atoms with Crippen molar-refractivity contribution in [1.29, 1.82) is 0 Å². The molecule has 0 saturated carbocycles. The molecule has 1 nitrogen and oxygen atoms in total. The summed E-state index contributed by atoms with van der Waals surface area (Å²) in [6.45, 7) is 0. The van der Waals surface area contributed by atoms with Gasteiger partial charge in [0.1, 0.15) is 0 Å². The summed E-state index contributed by atoms with van der Waals surface area (Å²) >= 11 is 3.65. The summed E-state index contributed by atoms with van der Waals surface area (Å²) in [6.07, 6.45) is 2.03. The van der Waals surface area contributed by atoms with Crippen molar-refractivity contribution in [2.45, 2.75) is 0 Å². The first-order valence-electron chi connectivity index (χ1n) is 4.78. The predicted octanol–water partition coefficient (Wildman–Crippen LogP) is 4.60. The maximum Gasteiger partial charge on any atom is 0.0556 e. The third-order valence-electron chi connectivity index (χ3n) is 2.84. The van der Waals surface area contributed by atoms with Crippen LogP contribution in [0.2, 0.25) is 0 Å². The molecule has 4 rings (SSSR count). The van der Waals surface area contributed by atoms with Crippen molar-refractivity contribution in [1.82, 2.24) is 4.98 Å². The summed E-state index contributed by atoms with van der Waals surface area (Å²) in [6, 6.07) is 6.60. The van der Waals surface area contributed by atoms with E-state index >= 15 is 0 Å². The summed E-state index contributed by atoms with van der Waals surface area (Å²) in [5.74, 6) is 0. The van der Waals surface area contributed by atoms with Crippen molar-refractivity contribution in [3.05, 3.63) is 35.2 Å². The van der Waals surface area contributed by atoms with Crippen molar-refractivity contribution in [3.8, 4) is 0 Å². The first kappa shape index (κ1) is 7.91. The van der Waals surface area contributed by atoms with Gasteiger partial charge in [0.25, 0.3) is 0 Å². The minimum Gasteiger partial charge on any atom is -0.361 e. The highest BCUT2D eigenvalue weighted by Crippen LogP contribution is 2.39. The third kappa shape index (κ3) is 0.874. The lowest BCUT2D eigenvalue weighted by atomic mass is 10.1. The molecule has 0 atom stereocenters. The number of benzene rings is 1. The molecule has 3 heteroatoms. The van der Waals surface area contributed by atoms with Gasteiger partial charge < -0.3 is 4.98 Å². The van der Waals surface area contributed by atoms with Crippen molar-refractivity contribution in [3.63, 3.8) is 0 Å². The highest BCUT2D eigenvalue weighted by Gasteiger charge is 2.10. The van der Waals surface area contributed by atoms with Gasteiger partial charge in [-0.05, 0) is 29.0 Å². The molecule has 0 aliphatic rings. The summed E-state index contributed by atoms with van der Waals surface area (Å²) < 4.78 is 2.81. The number of thiophene rings is 2. The summed E-state index contributed by atoms with van der Waals surface area (Å²) in [7, 11) is 0. The maximum atomic E-state index is 3.34. The topological polar surface area (TPSA) is 15.8 Å². The third-order valence-corrected chi connectivity index (χ3v) is 4.73. The molecule has 0 fully saturated rings. The van der Waals surface area contributed by atoms with E-state index in [1.165, 1.54) is 31.1 Å². The smallest absolute Gasteiger partial charge is 0.0556 e. The second kappa shape index (κ2) is 2.62. The average Bonchev–Trinajstić information content (AvgIpc) is 2.97. The van der Waals surface area contributed by atoms with Gasteiger partial charge in [-0.15, -0.1) is 22.7 Å². The van der Waals surface area contributed by atoms with E-state index in [4.69, 9.17) is 0 Å². The Labute approximate surface area is 94.0 Å². The molecule has 1 N–H and O–H groups in total. The second-order valence-electron chi connectivity index (χ2n) is 3.59. The Hall–Kier alpha value is -1.32. The average molecular weight is 229 g/mol. The number of H-pyrrole nitrogens is 1. The lowest BCUT2D eigenvalue weighted by Gasteiger charge is -1.96. The maximum absolute atomic E-state index is 3.34. The van der Waals surface area contributed by atoms with E-state index in [0.717, 1.165) is 0 Å². The van der Waals surface area contributed by atoms with Gasteiger partial charge >= 0.3 is 0 Å². The van der Waals surface area contributed by atoms with Gasteiger partial charge in [-0.1, -0.05) is 0 Å². The van der Waals surface area contributed by atoms with Crippen LogP contribution in [0.1, 0.15) is 0 Å². The molecule has 0 radical (unpaired) electrons. The van der Waals surface area contributed by atoms with E-state index in [0.29, 0.717) is 0 Å². The minimum atomic E-state index is 1.28. The Bertz CT molecular complexity index is 578. The molecule has 0 bridgehead atoms. The van der Waals surface area contributed by atoms with Crippen LogP contribution in [-0.4, -0.2) is 4.98 Å². The molecular weight excluding hydrogens is 222 g/mol. The normalized spacial score (nSPS) is 12.0. The number of hydrogen-bond acceptors (Lipinski definition) is 2. The van der Waals surface area contributed by atoms with Crippen LogP contribution in [0.25, 0.3) is 31.1 Å². The largest absolute Gasteiger partial charge is 0.361 e. The van der Waals surface area contributed by atoms with Crippen molar-refractivity contribution >= 4 is 53.7 Å². The van der Waals surface area contributed by atoms with Crippen molar-refractivity contribution < 1.29 is 0 Å². The molecule has 0 saturated heterocycles. The monoisotopic (exact) mass is 229 g/mol. The van der Waals surface area contributed by atoms with Gasteiger partial charge in [-0.3, -0.25) is 0 Å². The second-order valence-corrected chi connectivity index (χ2v) is 5.43. The first-order chi connectivity index (χ1) is 7.45. The Kier molecular flexibility index (Phi) is 1.38. The summed E-state index contributed by atoms with van der Waals surface area (Å²) in [5, 5.41) is 8.45. The van der Waals surface area contributed by atoms with Gasteiger partial charge in [-0.2, -0.15) is 0 Å². The van der Waals surface area contributed by atoms with Crippen LogP contribution in [0.15, 0.2) is 35.2 Å². The van der Waals surface area contributed by atoms with Gasteiger partial charge in [0, 0.05) is 31.8 Å².